The lowest BCUT2D eigenvalue weighted by atomic mass is 10.0. The van der Waals surface area contributed by atoms with Crippen LogP contribution in [0.4, 0.5) is 0 Å². The van der Waals surface area contributed by atoms with Gasteiger partial charge in [0.25, 0.3) is 0 Å². The minimum absolute atomic E-state index is 0.446. The Labute approximate surface area is 107 Å². The highest BCUT2D eigenvalue weighted by molar-refractivity contribution is 5.64. The van der Waals surface area contributed by atoms with Crippen molar-refractivity contribution in [3.8, 4) is 23.3 Å². The summed E-state index contributed by atoms with van der Waals surface area (Å²) in [7, 11) is 0. The zero-order valence-electron chi connectivity index (χ0n) is 9.93. The van der Waals surface area contributed by atoms with Crippen molar-refractivity contribution in [3.05, 3.63) is 59.7 Å². The lowest BCUT2D eigenvalue weighted by molar-refractivity contribution is 1.26. The van der Waals surface area contributed by atoms with E-state index in [-0.39, 0.29) is 0 Å². The summed E-state index contributed by atoms with van der Waals surface area (Å²) in [6.07, 6.45) is 0.892. The molecule has 0 atom stereocenters. The van der Waals surface area contributed by atoms with E-state index in [2.05, 4.69) is 12.1 Å². The Morgan fingerprint density at radius 2 is 0.944 bits per heavy atom. The van der Waals surface area contributed by atoms with E-state index in [1.54, 1.807) is 0 Å². The zero-order valence-corrected chi connectivity index (χ0v) is 9.93. The number of nitriles is 2. The predicted octanol–water partition coefficient (Wildman–Crippen LogP) is 3.49. The van der Waals surface area contributed by atoms with Gasteiger partial charge in [0.2, 0.25) is 0 Å². The van der Waals surface area contributed by atoms with Crippen molar-refractivity contribution in [2.45, 2.75) is 12.8 Å². The van der Waals surface area contributed by atoms with Crippen LogP contribution < -0.4 is 0 Å². The Morgan fingerprint density at radius 3 is 1.22 bits per heavy atom. The Balaban J connectivity index is 2.21. The molecule has 0 aromatic heterocycles. The van der Waals surface area contributed by atoms with E-state index in [0.29, 0.717) is 12.8 Å². The third-order valence-corrected chi connectivity index (χ3v) is 2.81. The molecule has 2 rings (SSSR count). The van der Waals surface area contributed by atoms with Crippen molar-refractivity contribution in [2.24, 2.45) is 0 Å². The van der Waals surface area contributed by atoms with Gasteiger partial charge in [0.05, 0.1) is 25.0 Å². The van der Waals surface area contributed by atoms with E-state index in [0.717, 1.165) is 22.3 Å². The summed E-state index contributed by atoms with van der Waals surface area (Å²) in [5.41, 5.74) is 4.31. The molecule has 0 fully saturated rings. The van der Waals surface area contributed by atoms with Crippen LogP contribution in [-0.2, 0) is 12.8 Å². The Bertz CT molecular complexity index is 538. The van der Waals surface area contributed by atoms with Gasteiger partial charge in [-0.3, -0.25) is 0 Å². The van der Waals surface area contributed by atoms with Crippen molar-refractivity contribution in [3.63, 3.8) is 0 Å². The van der Waals surface area contributed by atoms with E-state index in [1.165, 1.54) is 0 Å². The number of benzene rings is 2. The second kappa shape index (κ2) is 5.66. The molecule has 0 spiro atoms. The standard InChI is InChI=1S/C16H12N2/c17-11-9-13-1-5-15(6-2-13)16-7-3-14(4-8-16)10-12-18/h1-8H,9-10H2. The molecule has 0 saturated heterocycles. The van der Waals surface area contributed by atoms with Gasteiger partial charge in [-0.05, 0) is 22.3 Å². The Hall–Kier alpha value is -2.58. The van der Waals surface area contributed by atoms with Crippen molar-refractivity contribution in [2.75, 3.05) is 0 Å². The average Bonchev–Trinajstić information content (AvgIpc) is 2.41. The summed E-state index contributed by atoms with van der Waals surface area (Å²) >= 11 is 0. The molecule has 0 unspecified atom stereocenters. The van der Waals surface area contributed by atoms with Gasteiger partial charge >= 0.3 is 0 Å². The van der Waals surface area contributed by atoms with Crippen molar-refractivity contribution < 1.29 is 0 Å². The minimum atomic E-state index is 0.446. The zero-order chi connectivity index (χ0) is 12.8. The molecule has 0 radical (unpaired) electrons. The largest absolute Gasteiger partial charge is 0.198 e. The molecule has 0 aliphatic carbocycles. The van der Waals surface area contributed by atoms with E-state index in [1.807, 2.05) is 48.5 Å². The molecule has 0 amide bonds. The van der Waals surface area contributed by atoms with Gasteiger partial charge in [-0.25, -0.2) is 0 Å². The first-order chi connectivity index (χ1) is 8.83. The number of hydrogen-bond acceptors (Lipinski definition) is 2. The molecule has 0 bridgehead atoms. The van der Waals surface area contributed by atoms with Gasteiger partial charge in [-0.15, -0.1) is 0 Å². The van der Waals surface area contributed by atoms with Gasteiger partial charge in [0.15, 0.2) is 0 Å². The number of nitrogens with zero attached hydrogens (tertiary/aromatic N) is 2. The lowest BCUT2D eigenvalue weighted by Gasteiger charge is -2.03. The summed E-state index contributed by atoms with van der Waals surface area (Å²) in [5, 5.41) is 17.2. The van der Waals surface area contributed by atoms with Crippen LogP contribution >= 0.6 is 0 Å². The molecule has 0 N–H and O–H groups in total. The third kappa shape index (κ3) is 2.75. The molecular weight excluding hydrogens is 220 g/mol. The highest BCUT2D eigenvalue weighted by Crippen LogP contribution is 2.20. The summed E-state index contributed by atoms with van der Waals surface area (Å²) in [4.78, 5) is 0. The highest BCUT2D eigenvalue weighted by atomic mass is 14.2. The topological polar surface area (TPSA) is 47.6 Å². The van der Waals surface area contributed by atoms with Gasteiger partial charge in [-0.2, -0.15) is 10.5 Å². The average molecular weight is 232 g/mol. The maximum Gasteiger partial charge on any atom is 0.0669 e. The van der Waals surface area contributed by atoms with Crippen LogP contribution in [0.2, 0.25) is 0 Å². The van der Waals surface area contributed by atoms with E-state index < -0.39 is 0 Å². The van der Waals surface area contributed by atoms with Gasteiger partial charge in [0, 0.05) is 0 Å². The van der Waals surface area contributed by atoms with Crippen LogP contribution in [0.1, 0.15) is 11.1 Å². The summed E-state index contributed by atoms with van der Waals surface area (Å²) in [6, 6.07) is 20.2. The van der Waals surface area contributed by atoms with Gasteiger partial charge in [-0.1, -0.05) is 48.5 Å². The molecule has 0 heterocycles. The second-order valence-corrected chi connectivity index (χ2v) is 4.06. The molecule has 2 nitrogen and oxygen atoms in total. The molecule has 0 aliphatic rings. The Kier molecular flexibility index (Phi) is 3.74. The fraction of sp³-hybridized carbons (Fsp3) is 0.125. The van der Waals surface area contributed by atoms with Crippen molar-refractivity contribution in [1.82, 2.24) is 0 Å². The maximum atomic E-state index is 8.61. The van der Waals surface area contributed by atoms with Gasteiger partial charge < -0.3 is 0 Å². The van der Waals surface area contributed by atoms with Crippen LogP contribution in [0.25, 0.3) is 11.1 Å². The monoisotopic (exact) mass is 232 g/mol. The molecule has 2 aromatic rings. The normalized spacial score (nSPS) is 9.44. The first kappa shape index (κ1) is 11.9. The summed E-state index contributed by atoms with van der Waals surface area (Å²) in [5.74, 6) is 0. The van der Waals surface area contributed by atoms with Crippen LogP contribution in [0.3, 0.4) is 0 Å². The molecule has 0 saturated carbocycles. The van der Waals surface area contributed by atoms with Crippen molar-refractivity contribution in [1.29, 1.82) is 10.5 Å². The lowest BCUT2D eigenvalue weighted by Crippen LogP contribution is -1.84. The van der Waals surface area contributed by atoms with Crippen molar-refractivity contribution >= 4 is 0 Å². The molecule has 86 valence electrons. The summed E-state index contributed by atoms with van der Waals surface area (Å²) < 4.78 is 0. The third-order valence-electron chi connectivity index (χ3n) is 2.81. The summed E-state index contributed by atoms with van der Waals surface area (Å²) in [6.45, 7) is 0. The molecule has 2 aromatic carbocycles. The Morgan fingerprint density at radius 1 is 0.611 bits per heavy atom. The molecular formula is C16H12N2. The fourth-order valence-corrected chi connectivity index (χ4v) is 1.81. The minimum Gasteiger partial charge on any atom is -0.198 e. The quantitative estimate of drug-likeness (QED) is 0.813. The van der Waals surface area contributed by atoms with E-state index in [4.69, 9.17) is 10.5 Å². The highest BCUT2D eigenvalue weighted by Gasteiger charge is 1.99. The first-order valence-corrected chi connectivity index (χ1v) is 5.75. The number of rotatable bonds is 3. The van der Waals surface area contributed by atoms with Crippen LogP contribution in [0.15, 0.2) is 48.5 Å². The fourth-order valence-electron chi connectivity index (χ4n) is 1.81. The van der Waals surface area contributed by atoms with Gasteiger partial charge in [0.1, 0.15) is 0 Å². The molecule has 18 heavy (non-hydrogen) atoms. The number of hydrogen-bond donors (Lipinski definition) is 0. The predicted molar refractivity (Wildman–Crippen MR) is 70.5 cm³/mol. The van der Waals surface area contributed by atoms with E-state index in [9.17, 15) is 0 Å². The van der Waals surface area contributed by atoms with Crippen LogP contribution in [0, 0.1) is 22.7 Å². The molecule has 0 aliphatic heterocycles. The second-order valence-electron chi connectivity index (χ2n) is 4.06. The molecule has 2 heteroatoms. The maximum absolute atomic E-state index is 8.61. The SMILES string of the molecule is N#CCc1ccc(-c2ccc(CC#N)cc2)cc1. The smallest absolute Gasteiger partial charge is 0.0669 e. The van der Waals surface area contributed by atoms with Crippen LogP contribution in [-0.4, -0.2) is 0 Å². The van der Waals surface area contributed by atoms with Crippen LogP contribution in [0.5, 0.6) is 0 Å². The van der Waals surface area contributed by atoms with E-state index >= 15 is 0 Å². The first-order valence-electron chi connectivity index (χ1n) is 5.75.